The highest BCUT2D eigenvalue weighted by molar-refractivity contribution is 9.09. The summed E-state index contributed by atoms with van der Waals surface area (Å²) in [4.78, 5) is 0. The summed E-state index contributed by atoms with van der Waals surface area (Å²) >= 11 is 9.70. The van der Waals surface area contributed by atoms with Gasteiger partial charge in [0.1, 0.15) is 0 Å². The first-order valence-electron chi connectivity index (χ1n) is 6.17. The summed E-state index contributed by atoms with van der Waals surface area (Å²) in [5.41, 5.74) is 2.08. The van der Waals surface area contributed by atoms with E-state index in [0.29, 0.717) is 0 Å². The summed E-state index contributed by atoms with van der Waals surface area (Å²) in [6, 6.07) is 0. The number of hydrogen-bond donors (Lipinski definition) is 1. The minimum Gasteiger partial charge on any atom is -0.311 e. The lowest BCUT2D eigenvalue weighted by Crippen LogP contribution is -2.17. The van der Waals surface area contributed by atoms with E-state index < -0.39 is 0 Å². The van der Waals surface area contributed by atoms with E-state index in [1.165, 1.54) is 19.3 Å². The Morgan fingerprint density at radius 3 is 2.71 bits per heavy atom. The summed E-state index contributed by atoms with van der Waals surface area (Å²) in [7, 11) is 1.95. The second-order valence-corrected chi connectivity index (χ2v) is 5.28. The van der Waals surface area contributed by atoms with E-state index in [-0.39, 0.29) is 0 Å². The molecule has 98 valence electrons. The molecule has 0 saturated carbocycles. The third-order valence-corrected chi connectivity index (χ3v) is 3.78. The molecule has 0 aliphatic rings. The monoisotopic (exact) mass is 321 g/mol. The van der Waals surface area contributed by atoms with Gasteiger partial charge >= 0.3 is 0 Å². The second kappa shape index (κ2) is 8.11. The van der Waals surface area contributed by atoms with Crippen molar-refractivity contribution in [3.63, 3.8) is 0 Å². The van der Waals surface area contributed by atoms with Crippen LogP contribution >= 0.6 is 27.5 Å². The molecule has 0 unspecified atom stereocenters. The van der Waals surface area contributed by atoms with Crippen LogP contribution in [0.3, 0.4) is 0 Å². The van der Waals surface area contributed by atoms with Gasteiger partial charge in [-0.2, -0.15) is 5.10 Å². The molecule has 1 rings (SSSR count). The maximum Gasteiger partial charge on any atom is 0.0863 e. The van der Waals surface area contributed by atoms with Crippen molar-refractivity contribution in [1.29, 1.82) is 0 Å². The molecule has 0 spiro atoms. The Morgan fingerprint density at radius 1 is 1.35 bits per heavy atom. The van der Waals surface area contributed by atoms with Crippen molar-refractivity contribution in [3.05, 3.63) is 16.4 Å². The average Bonchev–Trinajstić information content (AvgIpc) is 2.60. The molecule has 17 heavy (non-hydrogen) atoms. The van der Waals surface area contributed by atoms with Crippen LogP contribution in [0.4, 0.5) is 0 Å². The highest BCUT2D eigenvalue weighted by Crippen LogP contribution is 2.20. The molecular weight excluding hydrogens is 302 g/mol. The zero-order valence-electron chi connectivity index (χ0n) is 10.6. The van der Waals surface area contributed by atoms with Crippen LogP contribution in [0, 0.1) is 0 Å². The van der Waals surface area contributed by atoms with E-state index >= 15 is 0 Å². The van der Waals surface area contributed by atoms with Gasteiger partial charge < -0.3 is 5.32 Å². The molecule has 0 aliphatic carbocycles. The lowest BCUT2D eigenvalue weighted by atomic mass is 10.2. The summed E-state index contributed by atoms with van der Waals surface area (Å²) in [5, 5.41) is 9.73. The number of unbranched alkanes of at least 4 members (excludes halogenated alkanes) is 2. The molecule has 0 aliphatic heterocycles. The molecule has 1 heterocycles. The Labute approximate surface area is 117 Å². The number of hydrogen-bond acceptors (Lipinski definition) is 2. The molecule has 0 atom stereocenters. The fourth-order valence-corrected chi connectivity index (χ4v) is 2.50. The highest BCUT2D eigenvalue weighted by atomic mass is 79.9. The third-order valence-electron chi connectivity index (χ3n) is 2.78. The molecule has 0 bridgehead atoms. The van der Waals surface area contributed by atoms with Gasteiger partial charge in [0.05, 0.1) is 16.4 Å². The van der Waals surface area contributed by atoms with Crippen molar-refractivity contribution in [1.82, 2.24) is 15.1 Å². The van der Waals surface area contributed by atoms with Gasteiger partial charge in [0, 0.05) is 18.9 Å². The van der Waals surface area contributed by atoms with E-state index in [1.807, 2.05) is 11.7 Å². The average molecular weight is 323 g/mol. The van der Waals surface area contributed by atoms with E-state index in [1.54, 1.807) is 0 Å². The smallest absolute Gasteiger partial charge is 0.0863 e. The molecule has 3 nitrogen and oxygen atoms in total. The largest absolute Gasteiger partial charge is 0.311 e. The Balaban J connectivity index is 2.34. The third kappa shape index (κ3) is 4.60. The van der Waals surface area contributed by atoms with Crippen molar-refractivity contribution in [2.75, 3.05) is 11.9 Å². The van der Waals surface area contributed by atoms with E-state index in [0.717, 1.165) is 41.3 Å². The van der Waals surface area contributed by atoms with Gasteiger partial charge in [-0.25, -0.2) is 0 Å². The maximum absolute atomic E-state index is 6.26. The molecule has 0 radical (unpaired) electrons. The zero-order valence-corrected chi connectivity index (χ0v) is 12.9. The van der Waals surface area contributed by atoms with Crippen molar-refractivity contribution in [2.24, 2.45) is 7.05 Å². The van der Waals surface area contributed by atoms with Gasteiger partial charge in [-0.15, -0.1) is 0 Å². The number of rotatable bonds is 8. The van der Waals surface area contributed by atoms with Crippen molar-refractivity contribution in [3.8, 4) is 0 Å². The number of aryl methyl sites for hydroxylation is 2. The van der Waals surface area contributed by atoms with Crippen LogP contribution in [0.2, 0.25) is 5.02 Å². The normalized spacial score (nSPS) is 11.1. The van der Waals surface area contributed by atoms with Crippen LogP contribution in [-0.4, -0.2) is 21.7 Å². The first-order chi connectivity index (χ1) is 8.20. The summed E-state index contributed by atoms with van der Waals surface area (Å²) in [5.74, 6) is 0. The number of halogens is 2. The lowest BCUT2D eigenvalue weighted by Gasteiger charge is -2.05. The Morgan fingerprint density at radius 2 is 2.12 bits per heavy atom. The summed E-state index contributed by atoms with van der Waals surface area (Å²) in [6.45, 7) is 3.91. The molecule has 1 aromatic heterocycles. The van der Waals surface area contributed by atoms with Crippen molar-refractivity contribution < 1.29 is 0 Å². The minimum atomic E-state index is 0.802. The van der Waals surface area contributed by atoms with Crippen molar-refractivity contribution in [2.45, 2.75) is 39.2 Å². The molecule has 0 amide bonds. The van der Waals surface area contributed by atoms with Crippen LogP contribution in [0.1, 0.15) is 37.6 Å². The Hall–Kier alpha value is -0.0600. The lowest BCUT2D eigenvalue weighted by molar-refractivity contribution is 0.589. The first kappa shape index (κ1) is 15.0. The molecule has 0 saturated heterocycles. The number of aromatic nitrogens is 2. The molecule has 0 aromatic carbocycles. The number of alkyl halides is 1. The molecule has 1 aromatic rings. The summed E-state index contributed by atoms with van der Waals surface area (Å²) in [6.07, 6.45) is 4.60. The Bertz CT molecular complexity index is 339. The molecule has 1 N–H and O–H groups in total. The fraction of sp³-hybridized carbons (Fsp3) is 0.750. The van der Waals surface area contributed by atoms with Crippen LogP contribution in [0.15, 0.2) is 0 Å². The highest BCUT2D eigenvalue weighted by Gasteiger charge is 2.11. The summed E-state index contributed by atoms with van der Waals surface area (Å²) < 4.78 is 1.88. The van der Waals surface area contributed by atoms with Gasteiger partial charge in [0.2, 0.25) is 0 Å². The Kier molecular flexibility index (Phi) is 7.16. The predicted octanol–water partition coefficient (Wildman–Crippen LogP) is 3.29. The zero-order chi connectivity index (χ0) is 12.7. The quantitative estimate of drug-likeness (QED) is 0.588. The SMILES string of the molecule is CCc1nn(C)c(CNCCCCCBr)c1Cl. The van der Waals surface area contributed by atoms with Gasteiger partial charge in [0.25, 0.3) is 0 Å². The van der Waals surface area contributed by atoms with E-state index in [4.69, 9.17) is 11.6 Å². The van der Waals surface area contributed by atoms with E-state index in [9.17, 15) is 0 Å². The number of nitrogens with one attached hydrogen (secondary N) is 1. The standard InChI is InChI=1S/C12H21BrClN3/c1-3-10-12(14)11(17(2)16-10)9-15-8-6-4-5-7-13/h15H,3-9H2,1-2H3. The maximum atomic E-state index is 6.26. The van der Waals surface area contributed by atoms with Crippen LogP contribution in [-0.2, 0) is 20.0 Å². The molecule has 0 fully saturated rings. The van der Waals surface area contributed by atoms with Crippen LogP contribution in [0.5, 0.6) is 0 Å². The van der Waals surface area contributed by atoms with Gasteiger partial charge in [-0.1, -0.05) is 40.9 Å². The fourth-order valence-electron chi connectivity index (χ4n) is 1.74. The first-order valence-corrected chi connectivity index (χ1v) is 7.67. The minimum absolute atomic E-state index is 0.802. The topological polar surface area (TPSA) is 29.9 Å². The van der Waals surface area contributed by atoms with Crippen LogP contribution in [0.25, 0.3) is 0 Å². The van der Waals surface area contributed by atoms with Crippen LogP contribution < -0.4 is 5.32 Å². The van der Waals surface area contributed by atoms with Gasteiger partial charge in [0.15, 0.2) is 0 Å². The van der Waals surface area contributed by atoms with E-state index in [2.05, 4.69) is 33.3 Å². The second-order valence-electron chi connectivity index (χ2n) is 4.11. The number of nitrogens with zero attached hydrogens (tertiary/aromatic N) is 2. The predicted molar refractivity (Wildman–Crippen MR) is 76.9 cm³/mol. The van der Waals surface area contributed by atoms with Crippen molar-refractivity contribution >= 4 is 27.5 Å². The van der Waals surface area contributed by atoms with Gasteiger partial charge in [-0.05, 0) is 25.8 Å². The van der Waals surface area contributed by atoms with Gasteiger partial charge in [-0.3, -0.25) is 4.68 Å². The molecule has 5 heteroatoms. The molecular formula is C12H21BrClN3.